The van der Waals surface area contributed by atoms with Gasteiger partial charge in [-0.25, -0.2) is 0 Å². The van der Waals surface area contributed by atoms with Crippen LogP contribution in [0, 0.1) is 0 Å². The Labute approximate surface area is 193 Å². The number of aromatic nitrogens is 1. The van der Waals surface area contributed by atoms with Crippen LogP contribution in [0.5, 0.6) is 11.5 Å². The summed E-state index contributed by atoms with van der Waals surface area (Å²) < 4.78 is 19.0. The molecule has 6 heteroatoms. The third-order valence-corrected chi connectivity index (χ3v) is 5.60. The summed E-state index contributed by atoms with van der Waals surface area (Å²) in [4.78, 5) is 11.1. The molecular formula is C27H29NO5. The number of fused-ring (bicyclic) bond motifs is 3. The Morgan fingerprint density at radius 3 is 2.24 bits per heavy atom. The number of methoxy groups -OCH3 is 1. The standard InChI is InChI=1S/C27H29NO5/c1-31-19-20-8-10-21(11-9-20)32-16-4-5-17-33-22-12-13-24-23-6-2-3-7-25(23)28(26(24)18-22)15-14-27(29)30/h2-3,6-13,18H,4-5,14-17,19H2,1H3,(H,29,30). The predicted octanol–water partition coefficient (Wildman–Crippen LogP) is 5.65. The molecule has 6 nitrogen and oxygen atoms in total. The van der Waals surface area contributed by atoms with Crippen molar-refractivity contribution >= 4 is 27.8 Å². The fourth-order valence-corrected chi connectivity index (χ4v) is 4.00. The van der Waals surface area contributed by atoms with Gasteiger partial charge < -0.3 is 23.9 Å². The van der Waals surface area contributed by atoms with Crippen molar-refractivity contribution in [3.63, 3.8) is 0 Å². The summed E-state index contributed by atoms with van der Waals surface area (Å²) in [7, 11) is 1.68. The second-order valence-corrected chi connectivity index (χ2v) is 7.97. The molecule has 0 radical (unpaired) electrons. The largest absolute Gasteiger partial charge is 0.494 e. The van der Waals surface area contributed by atoms with Crippen LogP contribution in [0.4, 0.5) is 0 Å². The number of aryl methyl sites for hydroxylation is 1. The van der Waals surface area contributed by atoms with E-state index in [1.807, 2.05) is 54.6 Å². The van der Waals surface area contributed by atoms with Crippen molar-refractivity contribution in [2.75, 3.05) is 20.3 Å². The summed E-state index contributed by atoms with van der Waals surface area (Å²) in [6, 6.07) is 22.1. The van der Waals surface area contributed by atoms with E-state index in [1.54, 1.807) is 7.11 Å². The van der Waals surface area contributed by atoms with E-state index >= 15 is 0 Å². The van der Waals surface area contributed by atoms with Gasteiger partial charge in [-0.15, -0.1) is 0 Å². The summed E-state index contributed by atoms with van der Waals surface area (Å²) in [5.74, 6) is 0.841. The molecule has 172 valence electrons. The summed E-state index contributed by atoms with van der Waals surface area (Å²) in [5, 5.41) is 11.4. The second kappa shape index (κ2) is 10.9. The molecule has 1 heterocycles. The fraction of sp³-hybridized carbons (Fsp3) is 0.296. The SMILES string of the molecule is COCc1ccc(OCCCCOc2ccc3c4ccccc4n(CCC(=O)O)c3c2)cc1. The molecule has 0 spiro atoms. The lowest BCUT2D eigenvalue weighted by Crippen LogP contribution is -2.05. The zero-order valence-corrected chi connectivity index (χ0v) is 18.8. The van der Waals surface area contributed by atoms with Crippen molar-refractivity contribution in [3.8, 4) is 11.5 Å². The first kappa shape index (κ1) is 22.7. The van der Waals surface area contributed by atoms with E-state index in [2.05, 4.69) is 16.7 Å². The van der Waals surface area contributed by atoms with E-state index in [4.69, 9.17) is 19.3 Å². The lowest BCUT2D eigenvalue weighted by Gasteiger charge is -2.10. The van der Waals surface area contributed by atoms with Crippen LogP contribution in [-0.4, -0.2) is 36.0 Å². The highest BCUT2D eigenvalue weighted by molar-refractivity contribution is 6.08. The van der Waals surface area contributed by atoms with Crippen LogP contribution in [-0.2, 0) is 22.7 Å². The minimum Gasteiger partial charge on any atom is -0.494 e. The number of carboxylic acids is 1. The first-order valence-corrected chi connectivity index (χ1v) is 11.2. The van der Waals surface area contributed by atoms with E-state index < -0.39 is 5.97 Å². The number of carboxylic acid groups (broad SMARTS) is 1. The van der Waals surface area contributed by atoms with Gasteiger partial charge in [0.15, 0.2) is 0 Å². The molecule has 0 aliphatic heterocycles. The molecule has 1 N–H and O–H groups in total. The van der Waals surface area contributed by atoms with Crippen molar-refractivity contribution in [3.05, 3.63) is 72.3 Å². The summed E-state index contributed by atoms with van der Waals surface area (Å²) >= 11 is 0. The first-order chi connectivity index (χ1) is 16.2. The van der Waals surface area contributed by atoms with Crippen LogP contribution in [0.3, 0.4) is 0 Å². The molecule has 1 aromatic heterocycles. The molecule has 0 aliphatic rings. The highest BCUT2D eigenvalue weighted by atomic mass is 16.5. The number of aliphatic carboxylic acids is 1. The van der Waals surface area contributed by atoms with Gasteiger partial charge in [-0.3, -0.25) is 4.79 Å². The Hall–Kier alpha value is -3.51. The minimum absolute atomic E-state index is 0.0773. The lowest BCUT2D eigenvalue weighted by atomic mass is 10.1. The highest BCUT2D eigenvalue weighted by Gasteiger charge is 2.12. The number of carbonyl (C=O) groups is 1. The smallest absolute Gasteiger partial charge is 0.305 e. The molecule has 0 atom stereocenters. The maximum absolute atomic E-state index is 11.1. The average molecular weight is 448 g/mol. The molecule has 0 unspecified atom stereocenters. The maximum Gasteiger partial charge on any atom is 0.305 e. The number of benzene rings is 3. The Morgan fingerprint density at radius 2 is 1.52 bits per heavy atom. The topological polar surface area (TPSA) is 69.9 Å². The third kappa shape index (κ3) is 5.65. The van der Waals surface area contributed by atoms with Gasteiger partial charge in [-0.1, -0.05) is 30.3 Å². The van der Waals surface area contributed by atoms with Crippen LogP contribution in [0.2, 0.25) is 0 Å². The molecule has 4 aromatic rings. The molecule has 0 fully saturated rings. The Morgan fingerprint density at radius 1 is 0.848 bits per heavy atom. The predicted molar refractivity (Wildman–Crippen MR) is 129 cm³/mol. The Bertz CT molecular complexity index is 1210. The Kier molecular flexibility index (Phi) is 7.47. The van der Waals surface area contributed by atoms with E-state index in [9.17, 15) is 4.79 Å². The first-order valence-electron chi connectivity index (χ1n) is 11.2. The lowest BCUT2D eigenvalue weighted by molar-refractivity contribution is -0.137. The zero-order valence-electron chi connectivity index (χ0n) is 18.8. The average Bonchev–Trinajstić information content (AvgIpc) is 3.14. The van der Waals surface area contributed by atoms with E-state index in [-0.39, 0.29) is 6.42 Å². The quantitative estimate of drug-likeness (QED) is 0.284. The number of ether oxygens (including phenoxy) is 3. The van der Waals surface area contributed by atoms with Crippen molar-refractivity contribution in [2.45, 2.75) is 32.4 Å². The number of hydrogen-bond acceptors (Lipinski definition) is 4. The van der Waals surface area contributed by atoms with Gasteiger partial charge in [-0.2, -0.15) is 0 Å². The Balaban J connectivity index is 1.32. The number of para-hydroxylation sites is 1. The monoisotopic (exact) mass is 447 g/mol. The highest BCUT2D eigenvalue weighted by Crippen LogP contribution is 2.31. The normalized spacial score (nSPS) is 11.2. The summed E-state index contributed by atoms with van der Waals surface area (Å²) in [5.41, 5.74) is 3.16. The number of hydrogen-bond donors (Lipinski definition) is 1. The van der Waals surface area contributed by atoms with Crippen LogP contribution >= 0.6 is 0 Å². The molecule has 0 aliphatic carbocycles. The van der Waals surface area contributed by atoms with Crippen molar-refractivity contribution < 1.29 is 24.1 Å². The number of unbranched alkanes of at least 4 members (excludes halogenated alkanes) is 1. The van der Waals surface area contributed by atoms with Gasteiger partial charge >= 0.3 is 5.97 Å². The molecule has 0 saturated heterocycles. The maximum atomic E-state index is 11.1. The van der Waals surface area contributed by atoms with Gasteiger partial charge in [-0.05, 0) is 48.7 Å². The van der Waals surface area contributed by atoms with Crippen molar-refractivity contribution in [1.29, 1.82) is 0 Å². The number of rotatable bonds is 12. The van der Waals surface area contributed by atoms with Crippen molar-refractivity contribution in [2.24, 2.45) is 0 Å². The van der Waals surface area contributed by atoms with Crippen LogP contribution in [0.25, 0.3) is 21.8 Å². The zero-order chi connectivity index (χ0) is 23.0. The summed E-state index contributed by atoms with van der Waals surface area (Å²) in [6.45, 7) is 2.25. The molecule has 3 aromatic carbocycles. The van der Waals surface area contributed by atoms with Gasteiger partial charge in [0.05, 0.1) is 31.8 Å². The van der Waals surface area contributed by atoms with Crippen molar-refractivity contribution in [1.82, 2.24) is 4.57 Å². The van der Waals surface area contributed by atoms with E-state index in [1.165, 1.54) is 0 Å². The molecular weight excluding hydrogens is 418 g/mol. The van der Waals surface area contributed by atoms with Gasteiger partial charge in [0, 0.05) is 36.0 Å². The second-order valence-electron chi connectivity index (χ2n) is 7.97. The summed E-state index contributed by atoms with van der Waals surface area (Å²) in [6.07, 6.45) is 1.84. The fourth-order valence-electron chi connectivity index (χ4n) is 4.00. The van der Waals surface area contributed by atoms with Gasteiger partial charge in [0.1, 0.15) is 11.5 Å². The molecule has 4 rings (SSSR count). The third-order valence-electron chi connectivity index (χ3n) is 5.60. The molecule has 0 bridgehead atoms. The number of nitrogens with zero attached hydrogens (tertiary/aromatic N) is 1. The molecule has 0 amide bonds. The molecule has 33 heavy (non-hydrogen) atoms. The van der Waals surface area contributed by atoms with Crippen LogP contribution in [0.15, 0.2) is 66.7 Å². The van der Waals surface area contributed by atoms with Gasteiger partial charge in [0.2, 0.25) is 0 Å². The molecule has 0 saturated carbocycles. The van der Waals surface area contributed by atoms with Crippen LogP contribution < -0.4 is 9.47 Å². The van der Waals surface area contributed by atoms with E-state index in [0.29, 0.717) is 26.4 Å². The minimum atomic E-state index is -0.804. The van der Waals surface area contributed by atoms with Crippen LogP contribution in [0.1, 0.15) is 24.8 Å². The van der Waals surface area contributed by atoms with E-state index in [0.717, 1.165) is 51.7 Å². The van der Waals surface area contributed by atoms with Gasteiger partial charge in [0.25, 0.3) is 0 Å².